The standard InChI is InChI=1S/C31H29F3N2O5/c1-20-26(36-29(41-20)23-5-3-2-4-6-23)17-18-40-25-14-9-22(10-15-25)19-27(30(38)39)35-28(37)16-11-21-7-12-24(13-8-21)31(32,33)34/h2-10,12-15,27H,11,16-19H2,1H3,(H,35,37)(H,38,39)/t27-/m0/s1. The zero-order valence-corrected chi connectivity index (χ0v) is 22.3. The number of carboxylic acids is 1. The summed E-state index contributed by atoms with van der Waals surface area (Å²) in [5, 5.41) is 12.1. The van der Waals surface area contributed by atoms with Gasteiger partial charge in [0.05, 0.1) is 17.9 Å². The number of oxazole rings is 1. The summed E-state index contributed by atoms with van der Waals surface area (Å²) in [5.41, 5.74) is 2.17. The fraction of sp³-hybridized carbons (Fsp3) is 0.258. The van der Waals surface area contributed by atoms with Gasteiger partial charge in [-0.05, 0) is 60.9 Å². The number of aliphatic carboxylic acids is 1. The van der Waals surface area contributed by atoms with Crippen LogP contribution in [0.15, 0.2) is 83.3 Å². The van der Waals surface area contributed by atoms with Gasteiger partial charge in [0.2, 0.25) is 11.8 Å². The van der Waals surface area contributed by atoms with Crippen molar-refractivity contribution in [2.45, 2.75) is 44.8 Å². The summed E-state index contributed by atoms with van der Waals surface area (Å²) in [6, 6.07) is 19.9. The minimum atomic E-state index is -4.43. The molecule has 0 unspecified atom stereocenters. The zero-order valence-electron chi connectivity index (χ0n) is 22.3. The SMILES string of the molecule is Cc1oc(-c2ccccc2)nc1CCOc1ccc(C[C@H](NC(=O)CCc2ccc(C(F)(F)F)cc2)C(=O)O)cc1. The Labute approximate surface area is 235 Å². The van der Waals surface area contributed by atoms with Gasteiger partial charge in [0, 0.05) is 24.8 Å². The lowest BCUT2D eigenvalue weighted by Crippen LogP contribution is -2.42. The predicted molar refractivity (Wildman–Crippen MR) is 145 cm³/mol. The Kier molecular flexibility index (Phi) is 9.44. The molecule has 214 valence electrons. The first kappa shape index (κ1) is 29.4. The van der Waals surface area contributed by atoms with Gasteiger partial charge in [0.25, 0.3) is 0 Å². The lowest BCUT2D eigenvalue weighted by Gasteiger charge is -2.15. The molecular weight excluding hydrogens is 537 g/mol. The second kappa shape index (κ2) is 13.2. The van der Waals surface area contributed by atoms with Gasteiger partial charge in [-0.1, -0.05) is 42.5 Å². The normalized spacial score (nSPS) is 12.1. The maximum atomic E-state index is 12.7. The molecule has 0 saturated heterocycles. The molecule has 0 aliphatic heterocycles. The number of carbonyl (C=O) groups excluding carboxylic acids is 1. The summed E-state index contributed by atoms with van der Waals surface area (Å²) >= 11 is 0. The summed E-state index contributed by atoms with van der Waals surface area (Å²) in [6.07, 6.45) is -3.70. The van der Waals surface area contributed by atoms with Gasteiger partial charge in [-0.2, -0.15) is 13.2 Å². The van der Waals surface area contributed by atoms with E-state index in [4.69, 9.17) is 9.15 Å². The highest BCUT2D eigenvalue weighted by molar-refractivity contribution is 5.83. The molecule has 0 bridgehead atoms. The van der Waals surface area contributed by atoms with E-state index in [1.165, 1.54) is 12.1 Å². The highest BCUT2D eigenvalue weighted by atomic mass is 19.4. The lowest BCUT2D eigenvalue weighted by molar-refractivity contribution is -0.141. The lowest BCUT2D eigenvalue weighted by atomic mass is 10.0. The van der Waals surface area contributed by atoms with E-state index in [1.807, 2.05) is 37.3 Å². The fourth-order valence-corrected chi connectivity index (χ4v) is 4.17. The van der Waals surface area contributed by atoms with Crippen LogP contribution in [-0.4, -0.2) is 34.6 Å². The molecule has 10 heteroatoms. The van der Waals surface area contributed by atoms with Crippen molar-refractivity contribution < 1.29 is 37.0 Å². The Hall–Kier alpha value is -4.60. The number of aryl methyl sites for hydroxylation is 2. The second-order valence-corrected chi connectivity index (χ2v) is 9.49. The van der Waals surface area contributed by atoms with E-state index in [1.54, 1.807) is 24.3 Å². The molecular formula is C31H29F3N2O5. The maximum absolute atomic E-state index is 12.7. The molecule has 1 heterocycles. The fourth-order valence-electron chi connectivity index (χ4n) is 4.17. The number of hydrogen-bond acceptors (Lipinski definition) is 5. The molecule has 0 saturated carbocycles. The molecule has 1 amide bonds. The first-order chi connectivity index (χ1) is 19.6. The summed E-state index contributed by atoms with van der Waals surface area (Å²) in [7, 11) is 0. The number of halogens is 3. The second-order valence-electron chi connectivity index (χ2n) is 9.49. The number of rotatable bonds is 12. The first-order valence-corrected chi connectivity index (χ1v) is 13.0. The van der Waals surface area contributed by atoms with E-state index >= 15 is 0 Å². The van der Waals surface area contributed by atoms with Crippen LogP contribution in [0.5, 0.6) is 5.75 Å². The summed E-state index contributed by atoms with van der Waals surface area (Å²) < 4.78 is 49.7. The third-order valence-corrected chi connectivity index (χ3v) is 6.44. The van der Waals surface area contributed by atoms with Crippen LogP contribution in [-0.2, 0) is 35.0 Å². The molecule has 1 aromatic heterocycles. The molecule has 0 radical (unpaired) electrons. The number of hydrogen-bond donors (Lipinski definition) is 2. The summed E-state index contributed by atoms with van der Waals surface area (Å²) in [4.78, 5) is 28.7. The van der Waals surface area contributed by atoms with E-state index < -0.39 is 29.7 Å². The average molecular weight is 567 g/mol. The van der Waals surface area contributed by atoms with Gasteiger partial charge >= 0.3 is 12.1 Å². The van der Waals surface area contributed by atoms with Crippen LogP contribution in [0, 0.1) is 6.92 Å². The van der Waals surface area contributed by atoms with Crippen LogP contribution >= 0.6 is 0 Å². The Morgan fingerprint density at radius 3 is 2.24 bits per heavy atom. The Balaban J connectivity index is 1.24. The van der Waals surface area contributed by atoms with Crippen molar-refractivity contribution in [3.8, 4) is 17.2 Å². The van der Waals surface area contributed by atoms with Gasteiger partial charge in [-0.15, -0.1) is 0 Å². The number of carbonyl (C=O) groups is 2. The molecule has 0 aliphatic rings. The number of ether oxygens (including phenoxy) is 1. The smallest absolute Gasteiger partial charge is 0.416 e. The van der Waals surface area contributed by atoms with E-state index in [2.05, 4.69) is 10.3 Å². The van der Waals surface area contributed by atoms with Gasteiger partial charge < -0.3 is 19.6 Å². The maximum Gasteiger partial charge on any atom is 0.416 e. The van der Waals surface area contributed by atoms with Crippen LogP contribution < -0.4 is 10.1 Å². The van der Waals surface area contributed by atoms with Gasteiger partial charge in [0.1, 0.15) is 17.6 Å². The van der Waals surface area contributed by atoms with Gasteiger partial charge in [0.15, 0.2) is 0 Å². The van der Waals surface area contributed by atoms with Crippen LogP contribution in [0.4, 0.5) is 13.2 Å². The molecule has 4 aromatic rings. The van der Waals surface area contributed by atoms with Crippen LogP contribution in [0.3, 0.4) is 0 Å². The van der Waals surface area contributed by atoms with Crippen molar-refractivity contribution in [2.24, 2.45) is 0 Å². The van der Waals surface area contributed by atoms with E-state index in [0.717, 1.165) is 29.2 Å². The minimum Gasteiger partial charge on any atom is -0.493 e. The predicted octanol–water partition coefficient (Wildman–Crippen LogP) is 6.04. The van der Waals surface area contributed by atoms with Crippen molar-refractivity contribution in [1.29, 1.82) is 0 Å². The number of benzene rings is 3. The summed E-state index contributed by atoms with van der Waals surface area (Å²) in [5.74, 6) is 0.193. The number of alkyl halides is 3. The number of aromatic nitrogens is 1. The average Bonchev–Trinajstić information content (AvgIpc) is 3.33. The van der Waals surface area contributed by atoms with Crippen LogP contribution in [0.1, 0.15) is 34.6 Å². The number of nitrogens with one attached hydrogen (secondary N) is 1. The highest BCUT2D eigenvalue weighted by Crippen LogP contribution is 2.29. The molecule has 7 nitrogen and oxygen atoms in total. The van der Waals surface area contributed by atoms with E-state index in [-0.39, 0.29) is 19.3 Å². The van der Waals surface area contributed by atoms with Gasteiger partial charge in [-0.25, -0.2) is 9.78 Å². The molecule has 41 heavy (non-hydrogen) atoms. The third-order valence-electron chi connectivity index (χ3n) is 6.44. The van der Waals surface area contributed by atoms with Crippen LogP contribution in [0.25, 0.3) is 11.5 Å². The quantitative estimate of drug-likeness (QED) is 0.217. The van der Waals surface area contributed by atoms with Crippen molar-refractivity contribution in [3.05, 3.63) is 107 Å². The number of nitrogens with zero attached hydrogens (tertiary/aromatic N) is 1. The minimum absolute atomic E-state index is 0.0558. The molecule has 0 aliphatic carbocycles. The Bertz CT molecular complexity index is 1450. The Morgan fingerprint density at radius 2 is 1.61 bits per heavy atom. The molecule has 4 rings (SSSR count). The number of carboxylic acid groups (broad SMARTS) is 1. The Morgan fingerprint density at radius 1 is 0.951 bits per heavy atom. The van der Waals surface area contributed by atoms with Gasteiger partial charge in [-0.3, -0.25) is 4.79 Å². The van der Waals surface area contributed by atoms with Crippen molar-refractivity contribution in [3.63, 3.8) is 0 Å². The zero-order chi connectivity index (χ0) is 29.4. The highest BCUT2D eigenvalue weighted by Gasteiger charge is 2.30. The number of amides is 1. The molecule has 0 spiro atoms. The largest absolute Gasteiger partial charge is 0.493 e. The van der Waals surface area contributed by atoms with Crippen LogP contribution in [0.2, 0.25) is 0 Å². The third kappa shape index (κ3) is 8.44. The first-order valence-electron chi connectivity index (χ1n) is 13.0. The molecule has 0 fully saturated rings. The van der Waals surface area contributed by atoms with Crippen molar-refractivity contribution in [1.82, 2.24) is 10.3 Å². The van der Waals surface area contributed by atoms with E-state index in [0.29, 0.717) is 35.8 Å². The topological polar surface area (TPSA) is 102 Å². The molecule has 1 atom stereocenters. The summed E-state index contributed by atoms with van der Waals surface area (Å²) in [6.45, 7) is 2.23. The molecule has 3 aromatic carbocycles. The van der Waals surface area contributed by atoms with E-state index in [9.17, 15) is 27.9 Å². The van der Waals surface area contributed by atoms with Crippen molar-refractivity contribution >= 4 is 11.9 Å². The monoisotopic (exact) mass is 566 g/mol. The van der Waals surface area contributed by atoms with Crippen molar-refractivity contribution in [2.75, 3.05) is 6.61 Å². The molecule has 2 N–H and O–H groups in total.